The Morgan fingerprint density at radius 2 is 1.81 bits per heavy atom. The van der Waals surface area contributed by atoms with Gasteiger partial charge in [0.2, 0.25) is 0 Å². The van der Waals surface area contributed by atoms with E-state index in [0.717, 1.165) is 27.0 Å². The van der Waals surface area contributed by atoms with Crippen molar-refractivity contribution in [2.45, 2.75) is 27.0 Å². The lowest BCUT2D eigenvalue weighted by Gasteiger charge is -2.14. The van der Waals surface area contributed by atoms with Crippen molar-refractivity contribution in [3.05, 3.63) is 93.2 Å². The highest BCUT2D eigenvalue weighted by atomic mass is 79.9. The molecule has 0 aliphatic carbocycles. The van der Waals surface area contributed by atoms with Gasteiger partial charge in [-0.15, -0.1) is 0 Å². The lowest BCUT2D eigenvalue weighted by Crippen LogP contribution is -2.04. The van der Waals surface area contributed by atoms with Crippen molar-refractivity contribution < 1.29 is 9.13 Å². The molecule has 2 nitrogen and oxygen atoms in total. The Kier molecular flexibility index (Phi) is 5.94. The average molecular weight is 414 g/mol. The monoisotopic (exact) mass is 413 g/mol. The summed E-state index contributed by atoms with van der Waals surface area (Å²) in [6, 6.07) is 18.7. The Labute approximate surface area is 162 Å². The molecule has 0 aromatic heterocycles. The molecule has 0 unspecified atom stereocenters. The lowest BCUT2D eigenvalue weighted by atomic mass is 10.1. The fourth-order valence-corrected chi connectivity index (χ4v) is 3.07. The van der Waals surface area contributed by atoms with E-state index in [0.29, 0.717) is 13.2 Å². The molecule has 0 amide bonds. The third-order valence-corrected chi connectivity index (χ3v) is 4.79. The maximum Gasteiger partial charge on any atom is 0.124 e. The summed E-state index contributed by atoms with van der Waals surface area (Å²) in [5, 5.41) is 3.44. The van der Waals surface area contributed by atoms with Crippen LogP contribution in [0.15, 0.2) is 65.1 Å². The van der Waals surface area contributed by atoms with Gasteiger partial charge in [-0.2, -0.15) is 0 Å². The number of hydrogen-bond donors (Lipinski definition) is 1. The zero-order valence-electron chi connectivity index (χ0n) is 14.9. The second kappa shape index (κ2) is 8.37. The van der Waals surface area contributed by atoms with Crippen LogP contribution in [0.4, 0.5) is 10.1 Å². The van der Waals surface area contributed by atoms with Gasteiger partial charge in [-0.1, -0.05) is 34.1 Å². The van der Waals surface area contributed by atoms with Gasteiger partial charge in [-0.25, -0.2) is 4.39 Å². The quantitative estimate of drug-likeness (QED) is 0.504. The first-order valence-corrected chi connectivity index (χ1v) is 9.27. The normalized spacial score (nSPS) is 10.6. The van der Waals surface area contributed by atoms with E-state index in [4.69, 9.17) is 4.74 Å². The number of benzene rings is 3. The summed E-state index contributed by atoms with van der Waals surface area (Å²) in [5.74, 6) is 0.535. The first-order chi connectivity index (χ1) is 12.5. The van der Waals surface area contributed by atoms with E-state index in [9.17, 15) is 4.39 Å². The highest BCUT2D eigenvalue weighted by molar-refractivity contribution is 9.10. The molecule has 0 aliphatic heterocycles. The fraction of sp³-hybridized carbons (Fsp3) is 0.182. The molecule has 4 heteroatoms. The summed E-state index contributed by atoms with van der Waals surface area (Å²) >= 11 is 3.52. The number of nitrogens with one attached hydrogen (secondary N) is 1. The van der Waals surface area contributed by atoms with Gasteiger partial charge < -0.3 is 10.1 Å². The predicted molar refractivity (Wildman–Crippen MR) is 108 cm³/mol. The third kappa shape index (κ3) is 4.85. The molecule has 0 atom stereocenters. The summed E-state index contributed by atoms with van der Waals surface area (Å²) in [6.07, 6.45) is 0. The van der Waals surface area contributed by atoms with Crippen molar-refractivity contribution in [2.75, 3.05) is 5.32 Å². The molecule has 0 fully saturated rings. The smallest absolute Gasteiger partial charge is 0.124 e. The molecule has 0 saturated carbocycles. The van der Waals surface area contributed by atoms with Gasteiger partial charge in [0.1, 0.15) is 18.2 Å². The first kappa shape index (κ1) is 18.5. The van der Waals surface area contributed by atoms with Crippen LogP contribution in [0.3, 0.4) is 0 Å². The molecule has 134 valence electrons. The zero-order valence-corrected chi connectivity index (χ0v) is 16.4. The van der Waals surface area contributed by atoms with Gasteiger partial charge in [-0.05, 0) is 73.0 Å². The second-order valence-electron chi connectivity index (χ2n) is 6.32. The minimum Gasteiger partial charge on any atom is -0.489 e. The standard InChI is InChI=1S/C22H21BrFNO/c1-15-6-8-21(10-16(15)2)25-13-18-12-19(23)7-9-22(18)26-14-17-4-3-5-20(24)11-17/h3-12,25H,13-14H2,1-2H3. The van der Waals surface area contributed by atoms with Crippen LogP contribution in [0, 0.1) is 19.7 Å². The predicted octanol–water partition coefficient (Wildman–Crippen LogP) is 6.40. The second-order valence-corrected chi connectivity index (χ2v) is 7.24. The third-order valence-electron chi connectivity index (χ3n) is 4.30. The summed E-state index contributed by atoms with van der Waals surface area (Å²) in [7, 11) is 0. The molecule has 3 aromatic carbocycles. The first-order valence-electron chi connectivity index (χ1n) is 8.48. The molecule has 0 saturated heterocycles. The van der Waals surface area contributed by atoms with Crippen LogP contribution >= 0.6 is 15.9 Å². The zero-order chi connectivity index (χ0) is 18.5. The molecule has 3 aromatic rings. The van der Waals surface area contributed by atoms with Crippen LogP contribution in [0.25, 0.3) is 0 Å². The van der Waals surface area contributed by atoms with Crippen molar-refractivity contribution in [3.8, 4) is 5.75 Å². The van der Waals surface area contributed by atoms with Crippen LogP contribution in [0.5, 0.6) is 5.75 Å². The maximum absolute atomic E-state index is 13.3. The fourth-order valence-electron chi connectivity index (χ4n) is 2.66. The molecular weight excluding hydrogens is 393 g/mol. The molecule has 26 heavy (non-hydrogen) atoms. The molecule has 0 spiro atoms. The Hall–Kier alpha value is -2.33. The van der Waals surface area contributed by atoms with Crippen molar-refractivity contribution in [2.24, 2.45) is 0 Å². The molecule has 0 aliphatic rings. The number of halogens is 2. The van der Waals surface area contributed by atoms with E-state index in [1.54, 1.807) is 6.07 Å². The van der Waals surface area contributed by atoms with Crippen LogP contribution in [-0.4, -0.2) is 0 Å². The van der Waals surface area contributed by atoms with Gasteiger partial charge in [0, 0.05) is 22.3 Å². The molecule has 3 rings (SSSR count). The molecule has 0 radical (unpaired) electrons. The van der Waals surface area contributed by atoms with Gasteiger partial charge in [0.05, 0.1) is 0 Å². The Bertz CT molecular complexity index is 910. The highest BCUT2D eigenvalue weighted by Gasteiger charge is 2.07. The summed E-state index contributed by atoms with van der Waals surface area (Å²) in [5.41, 5.74) is 5.45. The number of ether oxygens (including phenoxy) is 1. The van der Waals surface area contributed by atoms with E-state index in [2.05, 4.69) is 53.3 Å². The molecule has 1 N–H and O–H groups in total. The summed E-state index contributed by atoms with van der Waals surface area (Å²) in [4.78, 5) is 0. The largest absolute Gasteiger partial charge is 0.489 e. The maximum atomic E-state index is 13.3. The number of aryl methyl sites for hydroxylation is 2. The minimum atomic E-state index is -0.251. The van der Waals surface area contributed by atoms with Crippen LogP contribution < -0.4 is 10.1 Å². The summed E-state index contributed by atoms with van der Waals surface area (Å²) in [6.45, 7) is 5.18. The van der Waals surface area contributed by atoms with Crippen molar-refractivity contribution in [3.63, 3.8) is 0 Å². The Morgan fingerprint density at radius 3 is 2.58 bits per heavy atom. The number of anilines is 1. The number of rotatable bonds is 6. The van der Waals surface area contributed by atoms with Gasteiger partial charge in [0.25, 0.3) is 0 Å². The van der Waals surface area contributed by atoms with Crippen molar-refractivity contribution in [1.29, 1.82) is 0 Å². The van der Waals surface area contributed by atoms with Crippen LogP contribution in [0.2, 0.25) is 0 Å². The van der Waals surface area contributed by atoms with Gasteiger partial charge in [-0.3, -0.25) is 0 Å². The van der Waals surface area contributed by atoms with E-state index < -0.39 is 0 Å². The van der Waals surface area contributed by atoms with E-state index in [1.807, 2.05) is 24.3 Å². The SMILES string of the molecule is Cc1ccc(NCc2cc(Br)ccc2OCc2cccc(F)c2)cc1C. The summed E-state index contributed by atoms with van der Waals surface area (Å²) < 4.78 is 20.3. The van der Waals surface area contributed by atoms with Gasteiger partial charge >= 0.3 is 0 Å². The van der Waals surface area contributed by atoms with Crippen molar-refractivity contribution in [1.82, 2.24) is 0 Å². The molecular formula is C22H21BrFNO. The Morgan fingerprint density at radius 1 is 0.962 bits per heavy atom. The minimum absolute atomic E-state index is 0.251. The van der Waals surface area contributed by atoms with Gasteiger partial charge in [0.15, 0.2) is 0 Å². The Balaban J connectivity index is 1.71. The average Bonchev–Trinajstić information content (AvgIpc) is 2.62. The number of hydrogen-bond acceptors (Lipinski definition) is 2. The van der Waals surface area contributed by atoms with E-state index in [-0.39, 0.29) is 5.82 Å². The molecule has 0 bridgehead atoms. The highest BCUT2D eigenvalue weighted by Crippen LogP contribution is 2.26. The van der Waals surface area contributed by atoms with E-state index >= 15 is 0 Å². The van der Waals surface area contributed by atoms with E-state index in [1.165, 1.54) is 23.3 Å². The van der Waals surface area contributed by atoms with Crippen LogP contribution in [0.1, 0.15) is 22.3 Å². The topological polar surface area (TPSA) is 21.3 Å². The lowest BCUT2D eigenvalue weighted by molar-refractivity contribution is 0.302. The molecule has 0 heterocycles. The van der Waals surface area contributed by atoms with Crippen molar-refractivity contribution >= 4 is 21.6 Å². The van der Waals surface area contributed by atoms with Crippen LogP contribution in [-0.2, 0) is 13.2 Å².